The largest absolute Gasteiger partial charge is 0.497 e. The Morgan fingerprint density at radius 1 is 1.00 bits per heavy atom. The van der Waals surface area contributed by atoms with E-state index in [0.717, 1.165) is 28.9 Å². The molecule has 4 rings (SSSR count). The molecular formula is C24H24N4O3. The Morgan fingerprint density at radius 3 is 2.45 bits per heavy atom. The van der Waals surface area contributed by atoms with Gasteiger partial charge in [-0.3, -0.25) is 4.79 Å². The SMILES string of the molecule is CCCOc1cccc(C(=O)Nc2cc3nn(-c4ccc(OC)cc4)nc3cc2C)c1. The summed E-state index contributed by atoms with van der Waals surface area (Å²) in [5.41, 5.74) is 4.40. The summed E-state index contributed by atoms with van der Waals surface area (Å²) in [5, 5.41) is 12.1. The van der Waals surface area contributed by atoms with Crippen molar-refractivity contribution in [3.63, 3.8) is 0 Å². The molecule has 0 aliphatic heterocycles. The minimum Gasteiger partial charge on any atom is -0.497 e. The van der Waals surface area contributed by atoms with Crippen molar-refractivity contribution >= 4 is 22.6 Å². The van der Waals surface area contributed by atoms with E-state index >= 15 is 0 Å². The van der Waals surface area contributed by atoms with Crippen molar-refractivity contribution in [1.29, 1.82) is 0 Å². The van der Waals surface area contributed by atoms with E-state index in [1.54, 1.807) is 24.0 Å². The van der Waals surface area contributed by atoms with Crippen molar-refractivity contribution in [2.45, 2.75) is 20.3 Å². The van der Waals surface area contributed by atoms with E-state index in [-0.39, 0.29) is 5.91 Å². The van der Waals surface area contributed by atoms with Gasteiger partial charge in [-0.1, -0.05) is 13.0 Å². The van der Waals surface area contributed by atoms with E-state index in [1.807, 2.05) is 62.4 Å². The maximum absolute atomic E-state index is 12.8. The number of hydrogen-bond donors (Lipinski definition) is 1. The number of aryl methyl sites for hydroxylation is 1. The molecule has 0 aliphatic rings. The Morgan fingerprint density at radius 2 is 1.74 bits per heavy atom. The molecule has 0 spiro atoms. The summed E-state index contributed by atoms with van der Waals surface area (Å²) in [7, 11) is 1.63. The molecular weight excluding hydrogens is 392 g/mol. The number of nitrogens with one attached hydrogen (secondary N) is 1. The van der Waals surface area contributed by atoms with Gasteiger partial charge in [0.25, 0.3) is 5.91 Å². The predicted octanol–water partition coefficient (Wildman–Crippen LogP) is 4.78. The van der Waals surface area contributed by atoms with Gasteiger partial charge in [0.2, 0.25) is 0 Å². The highest BCUT2D eigenvalue weighted by Gasteiger charge is 2.13. The van der Waals surface area contributed by atoms with Crippen molar-refractivity contribution in [2.24, 2.45) is 0 Å². The Bertz CT molecular complexity index is 1220. The molecule has 1 heterocycles. The molecule has 0 unspecified atom stereocenters. The van der Waals surface area contributed by atoms with Crippen LogP contribution in [-0.4, -0.2) is 34.6 Å². The molecule has 0 saturated carbocycles. The fourth-order valence-electron chi connectivity index (χ4n) is 3.18. The topological polar surface area (TPSA) is 78.3 Å². The third kappa shape index (κ3) is 4.50. The minimum absolute atomic E-state index is 0.202. The van der Waals surface area contributed by atoms with Crippen LogP contribution in [0, 0.1) is 6.92 Å². The highest BCUT2D eigenvalue weighted by atomic mass is 16.5. The molecule has 158 valence electrons. The van der Waals surface area contributed by atoms with Crippen LogP contribution < -0.4 is 14.8 Å². The first-order chi connectivity index (χ1) is 15.1. The summed E-state index contributed by atoms with van der Waals surface area (Å²) in [6.45, 7) is 4.59. The number of carbonyl (C=O) groups is 1. The van der Waals surface area contributed by atoms with Gasteiger partial charge in [-0.15, -0.1) is 10.2 Å². The van der Waals surface area contributed by atoms with Crippen LogP contribution in [0.5, 0.6) is 11.5 Å². The summed E-state index contributed by atoms with van der Waals surface area (Å²) in [6, 6.07) is 18.4. The lowest BCUT2D eigenvalue weighted by atomic mass is 10.1. The lowest BCUT2D eigenvalue weighted by Crippen LogP contribution is -2.13. The van der Waals surface area contributed by atoms with Gasteiger partial charge in [0, 0.05) is 11.3 Å². The third-order valence-corrected chi connectivity index (χ3v) is 4.85. The van der Waals surface area contributed by atoms with Crippen LogP contribution in [-0.2, 0) is 0 Å². The summed E-state index contributed by atoms with van der Waals surface area (Å²) >= 11 is 0. The zero-order valence-corrected chi connectivity index (χ0v) is 17.8. The average molecular weight is 416 g/mol. The molecule has 4 aromatic rings. The molecule has 0 radical (unpaired) electrons. The Labute approximate surface area is 180 Å². The molecule has 0 fully saturated rings. The number of benzene rings is 3. The van der Waals surface area contributed by atoms with Crippen LogP contribution in [0.1, 0.15) is 29.3 Å². The van der Waals surface area contributed by atoms with Crippen molar-refractivity contribution in [3.05, 3.63) is 71.8 Å². The Kier molecular flexibility index (Phi) is 5.84. The number of methoxy groups -OCH3 is 1. The van der Waals surface area contributed by atoms with E-state index in [1.165, 1.54) is 0 Å². The van der Waals surface area contributed by atoms with E-state index in [0.29, 0.717) is 29.1 Å². The standard InChI is InChI=1S/C24H24N4O3/c1-4-12-31-20-7-5-6-17(14-20)24(29)25-21-15-23-22(13-16(21)2)26-28(27-23)18-8-10-19(30-3)11-9-18/h5-11,13-15H,4,12H2,1-3H3,(H,25,29). The molecule has 7 nitrogen and oxygen atoms in total. The number of fused-ring (bicyclic) bond motifs is 1. The average Bonchev–Trinajstić information content (AvgIpc) is 3.20. The zero-order chi connectivity index (χ0) is 21.8. The predicted molar refractivity (Wildman–Crippen MR) is 120 cm³/mol. The number of ether oxygens (including phenoxy) is 2. The monoisotopic (exact) mass is 416 g/mol. The Hall–Kier alpha value is -3.87. The van der Waals surface area contributed by atoms with Gasteiger partial charge in [-0.2, -0.15) is 4.80 Å². The molecule has 0 aliphatic carbocycles. The molecule has 7 heteroatoms. The maximum Gasteiger partial charge on any atom is 0.255 e. The highest BCUT2D eigenvalue weighted by Crippen LogP contribution is 2.24. The molecule has 0 bridgehead atoms. The number of amides is 1. The second-order valence-corrected chi connectivity index (χ2v) is 7.17. The van der Waals surface area contributed by atoms with Crippen LogP contribution in [0.4, 0.5) is 5.69 Å². The molecule has 3 aromatic carbocycles. The molecule has 1 N–H and O–H groups in total. The number of aromatic nitrogens is 3. The van der Waals surface area contributed by atoms with E-state index in [2.05, 4.69) is 15.5 Å². The second kappa shape index (κ2) is 8.87. The van der Waals surface area contributed by atoms with Gasteiger partial charge in [-0.25, -0.2) is 0 Å². The molecule has 1 amide bonds. The van der Waals surface area contributed by atoms with Crippen LogP contribution in [0.2, 0.25) is 0 Å². The van der Waals surface area contributed by atoms with Gasteiger partial charge in [0.15, 0.2) is 0 Å². The van der Waals surface area contributed by atoms with E-state index in [4.69, 9.17) is 9.47 Å². The van der Waals surface area contributed by atoms with Crippen LogP contribution >= 0.6 is 0 Å². The second-order valence-electron chi connectivity index (χ2n) is 7.17. The van der Waals surface area contributed by atoms with Crippen LogP contribution in [0.3, 0.4) is 0 Å². The minimum atomic E-state index is -0.202. The van der Waals surface area contributed by atoms with Crippen molar-refractivity contribution in [1.82, 2.24) is 15.0 Å². The molecule has 0 atom stereocenters. The number of nitrogens with zero attached hydrogens (tertiary/aromatic N) is 3. The third-order valence-electron chi connectivity index (χ3n) is 4.85. The fraction of sp³-hybridized carbons (Fsp3) is 0.208. The summed E-state index contributed by atoms with van der Waals surface area (Å²) < 4.78 is 10.8. The smallest absolute Gasteiger partial charge is 0.255 e. The van der Waals surface area contributed by atoms with Gasteiger partial charge >= 0.3 is 0 Å². The van der Waals surface area contributed by atoms with Gasteiger partial charge < -0.3 is 14.8 Å². The molecule has 0 saturated heterocycles. The van der Waals surface area contributed by atoms with Crippen molar-refractivity contribution in [3.8, 4) is 17.2 Å². The van der Waals surface area contributed by atoms with Crippen molar-refractivity contribution in [2.75, 3.05) is 19.0 Å². The van der Waals surface area contributed by atoms with Crippen LogP contribution in [0.25, 0.3) is 16.7 Å². The van der Waals surface area contributed by atoms with Gasteiger partial charge in [0.05, 0.1) is 19.4 Å². The molecule has 1 aromatic heterocycles. The fourth-order valence-corrected chi connectivity index (χ4v) is 3.18. The maximum atomic E-state index is 12.8. The summed E-state index contributed by atoms with van der Waals surface area (Å²) in [6.07, 6.45) is 0.910. The lowest BCUT2D eigenvalue weighted by Gasteiger charge is -2.10. The quantitative estimate of drug-likeness (QED) is 0.469. The number of hydrogen-bond acceptors (Lipinski definition) is 5. The first-order valence-corrected chi connectivity index (χ1v) is 10.1. The summed E-state index contributed by atoms with van der Waals surface area (Å²) in [4.78, 5) is 14.4. The van der Waals surface area contributed by atoms with Gasteiger partial charge in [0.1, 0.15) is 22.5 Å². The van der Waals surface area contributed by atoms with Crippen LogP contribution in [0.15, 0.2) is 60.7 Å². The number of carbonyl (C=O) groups excluding carboxylic acids is 1. The van der Waals surface area contributed by atoms with E-state index < -0.39 is 0 Å². The normalized spacial score (nSPS) is 10.8. The van der Waals surface area contributed by atoms with E-state index in [9.17, 15) is 4.79 Å². The lowest BCUT2D eigenvalue weighted by molar-refractivity contribution is 0.102. The van der Waals surface area contributed by atoms with Gasteiger partial charge in [-0.05, 0) is 73.5 Å². The Balaban J connectivity index is 1.58. The highest BCUT2D eigenvalue weighted by molar-refractivity contribution is 6.05. The zero-order valence-electron chi connectivity index (χ0n) is 17.8. The number of anilines is 1. The summed E-state index contributed by atoms with van der Waals surface area (Å²) in [5.74, 6) is 1.25. The first kappa shape index (κ1) is 20.4. The number of rotatable bonds is 7. The molecule has 31 heavy (non-hydrogen) atoms. The first-order valence-electron chi connectivity index (χ1n) is 10.1. The van der Waals surface area contributed by atoms with Crippen molar-refractivity contribution < 1.29 is 14.3 Å².